The largest absolute Gasteiger partial charge is 0.385 e. The Morgan fingerprint density at radius 3 is 2.86 bits per heavy atom. The predicted molar refractivity (Wildman–Crippen MR) is 62.9 cm³/mol. The summed E-state index contributed by atoms with van der Waals surface area (Å²) in [6.07, 6.45) is 3.13. The lowest BCUT2D eigenvalue weighted by Crippen LogP contribution is -2.02. The minimum atomic E-state index is -0.301. The van der Waals surface area contributed by atoms with Gasteiger partial charge in [0.25, 0.3) is 0 Å². The first kappa shape index (κ1) is 11.7. The Kier molecular flexibility index (Phi) is 5.12. The Morgan fingerprint density at radius 1 is 1.43 bits per heavy atom. The molecule has 0 radical (unpaired) electrons. The normalized spacial score (nSPS) is 10.2. The number of thioether (sulfide) groups is 1. The summed E-state index contributed by atoms with van der Waals surface area (Å²) in [6, 6.07) is 4.48. The van der Waals surface area contributed by atoms with Crippen LogP contribution in [0.4, 0.5) is 10.1 Å². The average Bonchev–Trinajstić information content (AvgIpc) is 2.11. The molecule has 0 bridgehead atoms. The second-order valence-electron chi connectivity index (χ2n) is 2.93. The van der Waals surface area contributed by atoms with Crippen LogP contribution in [0.3, 0.4) is 0 Å². The summed E-state index contributed by atoms with van der Waals surface area (Å²) < 4.78 is 12.9. The zero-order valence-corrected chi connectivity index (χ0v) is 9.59. The molecule has 0 aliphatic heterocycles. The molecule has 1 aromatic rings. The van der Waals surface area contributed by atoms with Gasteiger partial charge in [-0.2, -0.15) is 11.8 Å². The summed E-state index contributed by atoms with van der Waals surface area (Å²) in [4.78, 5) is 0. The maximum absolute atomic E-state index is 12.9. The van der Waals surface area contributed by atoms with E-state index in [1.165, 1.54) is 12.1 Å². The van der Waals surface area contributed by atoms with Gasteiger partial charge in [0.2, 0.25) is 0 Å². The molecule has 1 nitrogen and oxygen atoms in total. The van der Waals surface area contributed by atoms with Crippen molar-refractivity contribution in [2.45, 2.75) is 6.42 Å². The van der Waals surface area contributed by atoms with E-state index in [0.29, 0.717) is 5.02 Å². The Balaban J connectivity index is 2.42. The standard InChI is InChI=1S/C10H13ClFNS/c1-14-4-2-3-13-10-6-8(11)5-9(12)7-10/h5-7,13H,2-4H2,1H3. The topological polar surface area (TPSA) is 12.0 Å². The molecule has 0 saturated carbocycles. The SMILES string of the molecule is CSCCCNc1cc(F)cc(Cl)c1. The van der Waals surface area contributed by atoms with Crippen LogP contribution in [0, 0.1) is 5.82 Å². The number of hydrogen-bond acceptors (Lipinski definition) is 2. The molecule has 14 heavy (non-hydrogen) atoms. The first-order valence-corrected chi connectivity index (χ1v) is 6.18. The highest BCUT2D eigenvalue weighted by Gasteiger charge is 1.97. The van der Waals surface area contributed by atoms with Crippen LogP contribution in [0.25, 0.3) is 0 Å². The number of hydrogen-bond donors (Lipinski definition) is 1. The van der Waals surface area contributed by atoms with Gasteiger partial charge in [-0.1, -0.05) is 11.6 Å². The lowest BCUT2D eigenvalue weighted by Gasteiger charge is -2.06. The predicted octanol–water partition coefficient (Wildman–Crippen LogP) is 3.64. The van der Waals surface area contributed by atoms with Crippen molar-refractivity contribution in [2.75, 3.05) is 23.9 Å². The molecule has 1 rings (SSSR count). The van der Waals surface area contributed by atoms with E-state index in [-0.39, 0.29) is 5.82 Å². The maximum Gasteiger partial charge on any atom is 0.126 e. The number of anilines is 1. The number of nitrogens with one attached hydrogen (secondary N) is 1. The third-order valence-electron chi connectivity index (χ3n) is 1.72. The Bertz CT molecular complexity index is 273. The van der Waals surface area contributed by atoms with Crippen molar-refractivity contribution in [3.05, 3.63) is 29.0 Å². The molecular weight excluding hydrogens is 221 g/mol. The van der Waals surface area contributed by atoms with E-state index in [1.54, 1.807) is 17.8 Å². The quantitative estimate of drug-likeness (QED) is 0.780. The summed E-state index contributed by atoms with van der Waals surface area (Å²) in [5, 5.41) is 3.55. The van der Waals surface area contributed by atoms with Gasteiger partial charge < -0.3 is 5.32 Å². The van der Waals surface area contributed by atoms with E-state index in [0.717, 1.165) is 24.4 Å². The first-order valence-electron chi connectivity index (χ1n) is 4.41. The second kappa shape index (κ2) is 6.14. The molecular formula is C10H13ClFNS. The third kappa shape index (κ3) is 4.20. The molecule has 0 aromatic heterocycles. The zero-order valence-electron chi connectivity index (χ0n) is 8.02. The molecule has 0 fully saturated rings. The molecule has 4 heteroatoms. The highest BCUT2D eigenvalue weighted by molar-refractivity contribution is 7.98. The van der Waals surface area contributed by atoms with Gasteiger partial charge in [0, 0.05) is 17.3 Å². The van der Waals surface area contributed by atoms with E-state index in [2.05, 4.69) is 11.6 Å². The minimum Gasteiger partial charge on any atom is -0.385 e. The van der Waals surface area contributed by atoms with Gasteiger partial charge in [0.05, 0.1) is 0 Å². The fraction of sp³-hybridized carbons (Fsp3) is 0.400. The molecule has 1 N–H and O–H groups in total. The van der Waals surface area contributed by atoms with Crippen LogP contribution < -0.4 is 5.32 Å². The number of halogens is 2. The molecule has 1 aromatic carbocycles. The van der Waals surface area contributed by atoms with Crippen LogP contribution >= 0.6 is 23.4 Å². The van der Waals surface area contributed by atoms with Crippen molar-refractivity contribution in [3.63, 3.8) is 0 Å². The Labute approximate surface area is 93.0 Å². The molecule has 0 heterocycles. The van der Waals surface area contributed by atoms with Gasteiger partial charge in [-0.05, 0) is 36.6 Å². The summed E-state index contributed by atoms with van der Waals surface area (Å²) in [7, 11) is 0. The molecule has 0 spiro atoms. The molecule has 0 unspecified atom stereocenters. The zero-order chi connectivity index (χ0) is 10.4. The fourth-order valence-electron chi connectivity index (χ4n) is 1.11. The van der Waals surface area contributed by atoms with Gasteiger partial charge in [-0.3, -0.25) is 0 Å². The van der Waals surface area contributed by atoms with Crippen molar-refractivity contribution in [1.82, 2.24) is 0 Å². The molecule has 0 amide bonds. The van der Waals surface area contributed by atoms with Gasteiger partial charge in [0.15, 0.2) is 0 Å². The lowest BCUT2D eigenvalue weighted by atomic mass is 10.3. The van der Waals surface area contributed by atoms with Crippen LogP contribution in [0.5, 0.6) is 0 Å². The number of rotatable bonds is 5. The monoisotopic (exact) mass is 233 g/mol. The van der Waals surface area contributed by atoms with Gasteiger partial charge in [-0.15, -0.1) is 0 Å². The van der Waals surface area contributed by atoms with Crippen molar-refractivity contribution in [2.24, 2.45) is 0 Å². The Hall–Kier alpha value is -0.410. The molecule has 0 saturated heterocycles. The maximum atomic E-state index is 12.9. The molecule has 0 aliphatic rings. The van der Waals surface area contributed by atoms with Gasteiger partial charge >= 0.3 is 0 Å². The van der Waals surface area contributed by atoms with Crippen LogP contribution in [-0.2, 0) is 0 Å². The molecule has 78 valence electrons. The van der Waals surface area contributed by atoms with Crippen molar-refractivity contribution < 1.29 is 4.39 Å². The summed E-state index contributed by atoms with van der Waals surface area (Å²) in [5.74, 6) is 0.806. The highest BCUT2D eigenvalue weighted by atomic mass is 35.5. The van der Waals surface area contributed by atoms with Crippen molar-refractivity contribution in [3.8, 4) is 0 Å². The van der Waals surface area contributed by atoms with Crippen LogP contribution in [0.15, 0.2) is 18.2 Å². The number of benzene rings is 1. The summed E-state index contributed by atoms with van der Waals surface area (Å²) in [5.41, 5.74) is 0.746. The smallest absolute Gasteiger partial charge is 0.126 e. The second-order valence-corrected chi connectivity index (χ2v) is 4.35. The third-order valence-corrected chi connectivity index (χ3v) is 2.63. The van der Waals surface area contributed by atoms with Crippen LogP contribution in [0.1, 0.15) is 6.42 Å². The summed E-state index contributed by atoms with van der Waals surface area (Å²) in [6.45, 7) is 0.848. The van der Waals surface area contributed by atoms with Crippen LogP contribution in [0.2, 0.25) is 5.02 Å². The van der Waals surface area contributed by atoms with E-state index in [4.69, 9.17) is 11.6 Å². The lowest BCUT2D eigenvalue weighted by molar-refractivity contribution is 0.628. The van der Waals surface area contributed by atoms with E-state index >= 15 is 0 Å². The van der Waals surface area contributed by atoms with E-state index in [9.17, 15) is 4.39 Å². The summed E-state index contributed by atoms with van der Waals surface area (Å²) >= 11 is 7.51. The van der Waals surface area contributed by atoms with E-state index in [1.807, 2.05) is 0 Å². The van der Waals surface area contributed by atoms with Crippen molar-refractivity contribution >= 4 is 29.1 Å². The minimum absolute atomic E-state index is 0.301. The van der Waals surface area contributed by atoms with Crippen LogP contribution in [-0.4, -0.2) is 18.6 Å². The molecule has 0 atom stereocenters. The fourth-order valence-corrected chi connectivity index (χ4v) is 1.76. The average molecular weight is 234 g/mol. The Morgan fingerprint density at radius 2 is 2.21 bits per heavy atom. The van der Waals surface area contributed by atoms with Gasteiger partial charge in [0.1, 0.15) is 5.82 Å². The highest BCUT2D eigenvalue weighted by Crippen LogP contribution is 2.17. The van der Waals surface area contributed by atoms with Gasteiger partial charge in [-0.25, -0.2) is 4.39 Å². The molecule has 0 aliphatic carbocycles. The van der Waals surface area contributed by atoms with E-state index < -0.39 is 0 Å². The first-order chi connectivity index (χ1) is 6.72. The van der Waals surface area contributed by atoms with Crippen molar-refractivity contribution in [1.29, 1.82) is 0 Å².